The van der Waals surface area contributed by atoms with Gasteiger partial charge >= 0.3 is 0 Å². The molecule has 78 valence electrons. The Balaban J connectivity index is 3.11. The van der Waals surface area contributed by atoms with Gasteiger partial charge in [0.25, 0.3) is 0 Å². The molecule has 0 bridgehead atoms. The van der Waals surface area contributed by atoms with Crippen molar-refractivity contribution >= 4 is 15.6 Å². The summed E-state index contributed by atoms with van der Waals surface area (Å²) in [6.45, 7) is 0. The van der Waals surface area contributed by atoms with E-state index in [9.17, 15) is 13.2 Å². The highest BCUT2D eigenvalue weighted by Gasteiger charge is 2.29. The zero-order chi connectivity index (χ0) is 11.5. The molecule has 1 aromatic rings. The molecule has 0 aromatic heterocycles. The summed E-state index contributed by atoms with van der Waals surface area (Å²) in [6.07, 6.45) is 0.877. The second-order valence-electron chi connectivity index (χ2n) is 3.07. The molecule has 0 radical (unpaired) electrons. The standard InChI is InChI=1S/C10H9NO3S/c1-15(13,14)9(7-11)10(12)8-5-3-2-4-6-8/h2-6,9H,1H3. The van der Waals surface area contributed by atoms with Crippen molar-refractivity contribution in [2.45, 2.75) is 5.25 Å². The van der Waals surface area contributed by atoms with E-state index in [1.54, 1.807) is 18.2 Å². The second-order valence-corrected chi connectivity index (χ2v) is 5.20. The monoisotopic (exact) mass is 223 g/mol. The molecule has 5 heteroatoms. The summed E-state index contributed by atoms with van der Waals surface area (Å²) in [5.41, 5.74) is 0.231. The van der Waals surface area contributed by atoms with Crippen LogP contribution in [0, 0.1) is 11.3 Å². The lowest BCUT2D eigenvalue weighted by molar-refractivity contribution is 0.100. The number of carbonyl (C=O) groups is 1. The van der Waals surface area contributed by atoms with Gasteiger partial charge < -0.3 is 0 Å². The van der Waals surface area contributed by atoms with Gasteiger partial charge in [0.1, 0.15) is 0 Å². The van der Waals surface area contributed by atoms with Crippen LogP contribution in [0.2, 0.25) is 0 Å². The van der Waals surface area contributed by atoms with Crippen molar-refractivity contribution in [1.82, 2.24) is 0 Å². The van der Waals surface area contributed by atoms with Crippen LogP contribution in [0.25, 0.3) is 0 Å². The van der Waals surface area contributed by atoms with E-state index in [2.05, 4.69) is 0 Å². The van der Waals surface area contributed by atoms with E-state index >= 15 is 0 Å². The van der Waals surface area contributed by atoms with Crippen molar-refractivity contribution in [1.29, 1.82) is 5.26 Å². The molecule has 0 spiro atoms. The van der Waals surface area contributed by atoms with Gasteiger partial charge in [-0.1, -0.05) is 30.3 Å². The molecule has 0 saturated heterocycles. The van der Waals surface area contributed by atoms with Crippen LogP contribution in [-0.4, -0.2) is 25.7 Å². The summed E-state index contributed by atoms with van der Waals surface area (Å²) in [7, 11) is -3.67. The maximum Gasteiger partial charge on any atom is 0.210 e. The van der Waals surface area contributed by atoms with Gasteiger partial charge in [-0.05, 0) is 0 Å². The SMILES string of the molecule is CS(=O)(=O)C(C#N)C(=O)c1ccccc1. The van der Waals surface area contributed by atoms with Crippen LogP contribution in [-0.2, 0) is 9.84 Å². The zero-order valence-electron chi connectivity index (χ0n) is 8.04. The first kappa shape index (κ1) is 11.4. The topological polar surface area (TPSA) is 75.0 Å². The average Bonchev–Trinajstić information content (AvgIpc) is 2.18. The van der Waals surface area contributed by atoms with Crippen molar-refractivity contribution in [3.63, 3.8) is 0 Å². The summed E-state index contributed by atoms with van der Waals surface area (Å²) >= 11 is 0. The molecule has 1 unspecified atom stereocenters. The van der Waals surface area contributed by atoms with Gasteiger partial charge in [0.05, 0.1) is 6.07 Å². The van der Waals surface area contributed by atoms with E-state index in [1.807, 2.05) is 0 Å². The minimum Gasteiger partial charge on any atom is -0.292 e. The predicted molar refractivity (Wildman–Crippen MR) is 55.0 cm³/mol. The maximum atomic E-state index is 11.6. The number of nitriles is 1. The lowest BCUT2D eigenvalue weighted by Crippen LogP contribution is -2.27. The Hall–Kier alpha value is -1.67. The van der Waals surface area contributed by atoms with Crippen LogP contribution in [0.4, 0.5) is 0 Å². The Kier molecular flexibility index (Phi) is 3.22. The third-order valence-electron chi connectivity index (χ3n) is 1.84. The molecule has 1 rings (SSSR count). The molecular weight excluding hydrogens is 214 g/mol. The number of benzene rings is 1. The first-order valence-corrected chi connectivity index (χ1v) is 6.10. The number of carbonyl (C=O) groups excluding carboxylic acids is 1. The fourth-order valence-corrected chi connectivity index (χ4v) is 1.82. The van der Waals surface area contributed by atoms with Gasteiger partial charge in [0, 0.05) is 11.8 Å². The summed E-state index contributed by atoms with van der Waals surface area (Å²) in [5, 5.41) is 7.03. The molecule has 0 aliphatic rings. The normalized spacial score (nSPS) is 12.8. The van der Waals surface area contributed by atoms with Crippen molar-refractivity contribution < 1.29 is 13.2 Å². The zero-order valence-corrected chi connectivity index (χ0v) is 8.86. The fraction of sp³-hybridized carbons (Fsp3) is 0.200. The van der Waals surface area contributed by atoms with E-state index in [1.165, 1.54) is 18.2 Å². The lowest BCUT2D eigenvalue weighted by atomic mass is 10.1. The van der Waals surface area contributed by atoms with Crippen LogP contribution in [0.5, 0.6) is 0 Å². The van der Waals surface area contributed by atoms with E-state index < -0.39 is 20.9 Å². The third-order valence-corrected chi connectivity index (χ3v) is 3.02. The van der Waals surface area contributed by atoms with Gasteiger partial charge in [0.15, 0.2) is 15.6 Å². The summed E-state index contributed by atoms with van der Waals surface area (Å²) in [6, 6.07) is 9.41. The van der Waals surface area contributed by atoms with Gasteiger partial charge in [0.2, 0.25) is 5.25 Å². The van der Waals surface area contributed by atoms with E-state index in [0.717, 1.165) is 6.26 Å². The number of hydrogen-bond donors (Lipinski definition) is 0. The Morgan fingerprint density at radius 2 is 1.87 bits per heavy atom. The van der Waals surface area contributed by atoms with Crippen LogP contribution in [0.1, 0.15) is 10.4 Å². The number of hydrogen-bond acceptors (Lipinski definition) is 4. The van der Waals surface area contributed by atoms with Gasteiger partial charge in [-0.3, -0.25) is 4.79 Å². The van der Waals surface area contributed by atoms with Crippen LogP contribution < -0.4 is 0 Å². The van der Waals surface area contributed by atoms with Crippen LogP contribution >= 0.6 is 0 Å². The molecule has 0 N–H and O–H groups in total. The maximum absolute atomic E-state index is 11.6. The minimum absolute atomic E-state index is 0.231. The molecule has 1 atom stereocenters. The van der Waals surface area contributed by atoms with Crippen molar-refractivity contribution in [3.8, 4) is 6.07 Å². The molecule has 0 amide bonds. The fourth-order valence-electron chi connectivity index (χ4n) is 1.10. The largest absolute Gasteiger partial charge is 0.292 e. The van der Waals surface area contributed by atoms with Crippen molar-refractivity contribution in [2.75, 3.05) is 6.26 Å². The Morgan fingerprint density at radius 3 is 2.27 bits per heavy atom. The van der Waals surface area contributed by atoms with E-state index in [-0.39, 0.29) is 5.56 Å². The molecular formula is C10H9NO3S. The lowest BCUT2D eigenvalue weighted by Gasteiger charge is -2.05. The molecule has 1 aromatic carbocycles. The Morgan fingerprint density at radius 1 is 1.33 bits per heavy atom. The third kappa shape index (κ3) is 2.64. The number of nitrogens with zero attached hydrogens (tertiary/aromatic N) is 1. The molecule has 15 heavy (non-hydrogen) atoms. The smallest absolute Gasteiger partial charge is 0.210 e. The number of rotatable bonds is 3. The van der Waals surface area contributed by atoms with Gasteiger partial charge in [-0.15, -0.1) is 0 Å². The Bertz CT molecular complexity index is 499. The van der Waals surface area contributed by atoms with Crippen molar-refractivity contribution in [3.05, 3.63) is 35.9 Å². The first-order valence-electron chi connectivity index (χ1n) is 4.14. The Labute approximate surface area is 88.1 Å². The summed E-state index contributed by atoms with van der Waals surface area (Å²) in [5.74, 6) is -0.680. The average molecular weight is 223 g/mol. The van der Waals surface area contributed by atoms with Crippen LogP contribution in [0.3, 0.4) is 0 Å². The number of sulfone groups is 1. The van der Waals surface area contributed by atoms with Gasteiger partial charge in [-0.25, -0.2) is 8.42 Å². The van der Waals surface area contributed by atoms with Crippen molar-refractivity contribution in [2.24, 2.45) is 0 Å². The quantitative estimate of drug-likeness (QED) is 0.710. The summed E-state index contributed by atoms with van der Waals surface area (Å²) < 4.78 is 22.3. The second kappa shape index (κ2) is 4.24. The van der Waals surface area contributed by atoms with Crippen LogP contribution in [0.15, 0.2) is 30.3 Å². The van der Waals surface area contributed by atoms with E-state index in [4.69, 9.17) is 5.26 Å². The highest BCUT2D eigenvalue weighted by atomic mass is 32.2. The molecule has 0 fully saturated rings. The molecule has 0 heterocycles. The van der Waals surface area contributed by atoms with E-state index in [0.29, 0.717) is 0 Å². The highest BCUT2D eigenvalue weighted by Crippen LogP contribution is 2.08. The number of Topliss-reactive ketones (excluding diaryl/α,β-unsaturated/α-hetero) is 1. The molecule has 0 aliphatic heterocycles. The summed E-state index contributed by atoms with van der Waals surface area (Å²) in [4.78, 5) is 11.6. The molecule has 0 aliphatic carbocycles. The predicted octanol–water partition coefficient (Wildman–Crippen LogP) is 0.806. The number of ketones is 1. The van der Waals surface area contributed by atoms with Gasteiger partial charge in [-0.2, -0.15) is 5.26 Å². The highest BCUT2D eigenvalue weighted by molar-refractivity contribution is 7.92. The first-order chi connectivity index (χ1) is 6.96. The minimum atomic E-state index is -3.67. The molecule has 4 nitrogen and oxygen atoms in total. The molecule has 0 saturated carbocycles.